The van der Waals surface area contributed by atoms with E-state index in [9.17, 15) is 14.0 Å². The lowest BCUT2D eigenvalue weighted by molar-refractivity contribution is -0.139. The molecular weight excluding hydrogens is 225 g/mol. The van der Waals surface area contributed by atoms with Gasteiger partial charge in [-0.15, -0.1) is 6.58 Å². The largest absolute Gasteiger partial charge is 0.480 e. The molecule has 17 heavy (non-hydrogen) atoms. The van der Waals surface area contributed by atoms with Gasteiger partial charge in [0.1, 0.15) is 11.9 Å². The van der Waals surface area contributed by atoms with E-state index in [-0.39, 0.29) is 12.0 Å². The summed E-state index contributed by atoms with van der Waals surface area (Å²) < 4.78 is 12.9. The molecule has 90 valence electrons. The Bertz CT molecular complexity index is 445. The zero-order valence-electron chi connectivity index (χ0n) is 9.02. The number of benzene rings is 1. The van der Waals surface area contributed by atoms with Gasteiger partial charge in [0, 0.05) is 5.56 Å². The minimum Gasteiger partial charge on any atom is -0.480 e. The topological polar surface area (TPSA) is 66.4 Å². The summed E-state index contributed by atoms with van der Waals surface area (Å²) in [6, 6.07) is 3.99. The van der Waals surface area contributed by atoms with Crippen molar-refractivity contribution in [1.82, 2.24) is 5.32 Å². The van der Waals surface area contributed by atoms with Crippen molar-refractivity contribution in [2.75, 3.05) is 0 Å². The van der Waals surface area contributed by atoms with Gasteiger partial charge in [0.05, 0.1) is 0 Å². The van der Waals surface area contributed by atoms with E-state index < -0.39 is 23.7 Å². The van der Waals surface area contributed by atoms with Crippen molar-refractivity contribution in [3.8, 4) is 0 Å². The van der Waals surface area contributed by atoms with Crippen LogP contribution in [0.5, 0.6) is 0 Å². The minimum atomic E-state index is -1.16. The van der Waals surface area contributed by atoms with Crippen LogP contribution in [0.15, 0.2) is 36.9 Å². The highest BCUT2D eigenvalue weighted by Crippen LogP contribution is 2.04. The molecule has 1 aromatic carbocycles. The van der Waals surface area contributed by atoms with Gasteiger partial charge in [0.25, 0.3) is 5.91 Å². The third-order valence-electron chi connectivity index (χ3n) is 2.09. The predicted octanol–water partition coefficient (Wildman–Crippen LogP) is 1.58. The first-order chi connectivity index (χ1) is 8.04. The number of amides is 1. The number of hydrogen-bond donors (Lipinski definition) is 2. The Balaban J connectivity index is 2.77. The zero-order valence-corrected chi connectivity index (χ0v) is 9.02. The van der Waals surface area contributed by atoms with Crippen molar-refractivity contribution < 1.29 is 19.1 Å². The molecule has 0 aliphatic carbocycles. The van der Waals surface area contributed by atoms with Gasteiger partial charge in [-0.3, -0.25) is 4.79 Å². The van der Waals surface area contributed by atoms with Gasteiger partial charge in [-0.05, 0) is 24.6 Å². The van der Waals surface area contributed by atoms with Crippen LogP contribution < -0.4 is 5.32 Å². The van der Waals surface area contributed by atoms with Crippen molar-refractivity contribution >= 4 is 11.9 Å². The predicted molar refractivity (Wildman–Crippen MR) is 60.1 cm³/mol. The molecule has 2 N–H and O–H groups in total. The Labute approximate surface area is 97.8 Å². The molecule has 5 heteroatoms. The van der Waals surface area contributed by atoms with Gasteiger partial charge in [0.15, 0.2) is 0 Å². The molecule has 0 fully saturated rings. The minimum absolute atomic E-state index is 0.0836. The van der Waals surface area contributed by atoms with Gasteiger partial charge in [-0.1, -0.05) is 12.1 Å². The molecule has 0 aliphatic heterocycles. The van der Waals surface area contributed by atoms with Gasteiger partial charge < -0.3 is 10.4 Å². The number of carbonyl (C=O) groups excluding carboxylic acids is 1. The fraction of sp³-hybridized carbons (Fsp3) is 0.167. The first-order valence-electron chi connectivity index (χ1n) is 4.94. The monoisotopic (exact) mass is 237 g/mol. The summed E-state index contributed by atoms with van der Waals surface area (Å²) in [5.41, 5.74) is 0.0836. The quantitative estimate of drug-likeness (QED) is 0.764. The van der Waals surface area contributed by atoms with Crippen LogP contribution in [0.4, 0.5) is 4.39 Å². The molecule has 1 unspecified atom stereocenters. The summed E-state index contributed by atoms with van der Waals surface area (Å²) in [5, 5.41) is 11.1. The average Bonchev–Trinajstić information content (AvgIpc) is 2.28. The maximum Gasteiger partial charge on any atom is 0.326 e. The molecule has 1 amide bonds. The second-order valence-corrected chi connectivity index (χ2v) is 3.40. The molecule has 0 aliphatic rings. The van der Waals surface area contributed by atoms with Crippen molar-refractivity contribution in [2.24, 2.45) is 0 Å². The lowest BCUT2D eigenvalue weighted by Crippen LogP contribution is -2.40. The second-order valence-electron chi connectivity index (χ2n) is 3.40. The van der Waals surface area contributed by atoms with Crippen LogP contribution in [0.1, 0.15) is 16.8 Å². The van der Waals surface area contributed by atoms with Gasteiger partial charge >= 0.3 is 5.97 Å². The summed E-state index contributed by atoms with van der Waals surface area (Å²) >= 11 is 0. The van der Waals surface area contributed by atoms with E-state index in [2.05, 4.69) is 11.9 Å². The first kappa shape index (κ1) is 12.9. The van der Waals surface area contributed by atoms with Crippen LogP contribution in [0.25, 0.3) is 0 Å². The summed E-state index contributed by atoms with van der Waals surface area (Å²) in [6.07, 6.45) is 1.50. The van der Waals surface area contributed by atoms with E-state index in [0.717, 1.165) is 6.07 Å². The molecule has 0 aromatic heterocycles. The molecule has 0 saturated heterocycles. The van der Waals surface area contributed by atoms with Crippen LogP contribution in [-0.4, -0.2) is 23.0 Å². The normalized spacial score (nSPS) is 11.6. The fourth-order valence-electron chi connectivity index (χ4n) is 1.26. The van der Waals surface area contributed by atoms with Crippen LogP contribution in [-0.2, 0) is 4.79 Å². The Morgan fingerprint density at radius 3 is 2.76 bits per heavy atom. The number of nitrogens with one attached hydrogen (secondary N) is 1. The molecule has 4 nitrogen and oxygen atoms in total. The Kier molecular flexibility index (Phi) is 4.39. The summed E-state index contributed by atoms with van der Waals surface area (Å²) in [7, 11) is 0. The number of carbonyl (C=O) groups is 2. The van der Waals surface area contributed by atoms with Crippen molar-refractivity contribution in [2.45, 2.75) is 12.5 Å². The highest BCUT2D eigenvalue weighted by Gasteiger charge is 2.19. The Morgan fingerprint density at radius 1 is 1.53 bits per heavy atom. The number of hydrogen-bond acceptors (Lipinski definition) is 2. The second kappa shape index (κ2) is 5.79. The summed E-state index contributed by atoms with van der Waals surface area (Å²) in [5.74, 6) is -2.33. The van der Waals surface area contributed by atoms with E-state index in [1.165, 1.54) is 24.3 Å². The first-order valence-corrected chi connectivity index (χ1v) is 4.94. The van der Waals surface area contributed by atoms with Crippen LogP contribution in [0.2, 0.25) is 0 Å². The lowest BCUT2D eigenvalue weighted by atomic mass is 10.1. The SMILES string of the molecule is C=CCC(NC(=O)c1cccc(F)c1)C(=O)O. The maximum absolute atomic E-state index is 12.9. The average molecular weight is 237 g/mol. The fourth-order valence-corrected chi connectivity index (χ4v) is 1.26. The van der Waals surface area contributed by atoms with Crippen molar-refractivity contribution in [1.29, 1.82) is 0 Å². The van der Waals surface area contributed by atoms with E-state index in [4.69, 9.17) is 5.11 Å². The van der Waals surface area contributed by atoms with E-state index >= 15 is 0 Å². The van der Waals surface area contributed by atoms with Crippen molar-refractivity contribution in [3.63, 3.8) is 0 Å². The molecule has 1 aromatic rings. The Hall–Kier alpha value is -2.17. The van der Waals surface area contributed by atoms with E-state index in [1.54, 1.807) is 0 Å². The standard InChI is InChI=1S/C12H12FNO3/c1-2-4-10(12(16)17)14-11(15)8-5-3-6-9(13)7-8/h2-3,5-7,10H,1,4H2,(H,14,15)(H,16,17). The third kappa shape index (κ3) is 3.71. The molecule has 1 atom stereocenters. The van der Waals surface area contributed by atoms with E-state index in [1.807, 2.05) is 0 Å². The van der Waals surface area contributed by atoms with E-state index in [0.29, 0.717) is 0 Å². The third-order valence-corrected chi connectivity index (χ3v) is 2.09. The van der Waals surface area contributed by atoms with Crippen LogP contribution in [0, 0.1) is 5.82 Å². The zero-order chi connectivity index (χ0) is 12.8. The molecule has 1 rings (SSSR count). The molecule has 0 heterocycles. The number of carboxylic acids is 1. The Morgan fingerprint density at radius 2 is 2.24 bits per heavy atom. The molecule has 0 spiro atoms. The molecule has 0 saturated carbocycles. The highest BCUT2D eigenvalue weighted by atomic mass is 19.1. The number of aliphatic carboxylic acids is 1. The van der Waals surface area contributed by atoms with Gasteiger partial charge in [0.2, 0.25) is 0 Å². The highest BCUT2D eigenvalue weighted by molar-refractivity contribution is 5.96. The van der Waals surface area contributed by atoms with Crippen LogP contribution >= 0.6 is 0 Å². The lowest BCUT2D eigenvalue weighted by Gasteiger charge is -2.12. The van der Waals surface area contributed by atoms with Gasteiger partial charge in [-0.2, -0.15) is 0 Å². The molecule has 0 bridgehead atoms. The van der Waals surface area contributed by atoms with Gasteiger partial charge in [-0.25, -0.2) is 9.18 Å². The number of carboxylic acid groups (broad SMARTS) is 1. The van der Waals surface area contributed by atoms with Crippen molar-refractivity contribution in [3.05, 3.63) is 48.3 Å². The maximum atomic E-state index is 12.9. The smallest absolute Gasteiger partial charge is 0.326 e. The van der Waals surface area contributed by atoms with Crippen LogP contribution in [0.3, 0.4) is 0 Å². The number of rotatable bonds is 5. The summed E-state index contributed by atoms with van der Waals surface area (Å²) in [4.78, 5) is 22.4. The number of halogens is 1. The summed E-state index contributed by atoms with van der Waals surface area (Å²) in [6.45, 7) is 3.40. The molecule has 0 radical (unpaired) electrons. The molecular formula is C12H12FNO3.